The van der Waals surface area contributed by atoms with Gasteiger partial charge in [-0.15, -0.1) is 0 Å². The van der Waals surface area contributed by atoms with Crippen LogP contribution in [-0.4, -0.2) is 82.3 Å². The minimum absolute atomic E-state index is 0.0265. The van der Waals surface area contributed by atoms with Crippen LogP contribution in [0.2, 0.25) is 0 Å². The minimum Gasteiger partial charge on any atom is -0.454 e. The third kappa shape index (κ3) is 3.04. The molecule has 3 aliphatic rings. The molecule has 10 nitrogen and oxygen atoms in total. The maximum absolute atomic E-state index is 12.9. The van der Waals surface area contributed by atoms with Gasteiger partial charge in [0.15, 0.2) is 11.5 Å². The molecule has 2 fully saturated rings. The van der Waals surface area contributed by atoms with Crippen molar-refractivity contribution in [3.8, 4) is 22.8 Å². The number of carbonyl (C=O) groups excluding carboxylic acids is 3. The van der Waals surface area contributed by atoms with Gasteiger partial charge in [-0.25, -0.2) is 4.79 Å². The summed E-state index contributed by atoms with van der Waals surface area (Å²) in [7, 11) is 1.50. The summed E-state index contributed by atoms with van der Waals surface area (Å²) in [6.45, 7) is 1.35. The first-order chi connectivity index (χ1) is 14.5. The summed E-state index contributed by atoms with van der Waals surface area (Å²) in [6.07, 6.45) is 1.28. The van der Waals surface area contributed by atoms with E-state index in [-0.39, 0.29) is 37.2 Å². The Morgan fingerprint density at radius 3 is 2.63 bits per heavy atom. The van der Waals surface area contributed by atoms with Gasteiger partial charge in [0.2, 0.25) is 12.7 Å². The van der Waals surface area contributed by atoms with Crippen LogP contribution in [0.1, 0.15) is 23.3 Å². The quantitative estimate of drug-likeness (QED) is 0.763. The normalized spacial score (nSPS) is 19.2. The number of hydrogen-bond acceptors (Lipinski definition) is 6. The molecule has 0 aliphatic carbocycles. The molecule has 5 rings (SSSR count). The van der Waals surface area contributed by atoms with Crippen molar-refractivity contribution >= 4 is 17.8 Å². The van der Waals surface area contributed by atoms with Gasteiger partial charge >= 0.3 is 6.03 Å². The van der Waals surface area contributed by atoms with Crippen LogP contribution in [0, 0.1) is 0 Å². The summed E-state index contributed by atoms with van der Waals surface area (Å²) in [5, 5.41) is 7.09. The van der Waals surface area contributed by atoms with Gasteiger partial charge in [-0.1, -0.05) is 0 Å². The van der Waals surface area contributed by atoms with Crippen molar-refractivity contribution in [3.63, 3.8) is 0 Å². The second-order valence-corrected chi connectivity index (χ2v) is 7.62. The Bertz CT molecular complexity index is 1030. The van der Waals surface area contributed by atoms with Crippen LogP contribution in [-0.2, 0) is 4.79 Å². The summed E-state index contributed by atoms with van der Waals surface area (Å²) < 4.78 is 10.7. The molecule has 0 spiro atoms. The molecule has 4 heterocycles. The van der Waals surface area contributed by atoms with Crippen LogP contribution in [0.3, 0.4) is 0 Å². The Morgan fingerprint density at radius 2 is 1.90 bits per heavy atom. The number of amides is 4. The van der Waals surface area contributed by atoms with Crippen LogP contribution in [0.5, 0.6) is 11.5 Å². The van der Waals surface area contributed by atoms with E-state index in [0.29, 0.717) is 48.8 Å². The van der Waals surface area contributed by atoms with E-state index in [0.717, 1.165) is 10.5 Å². The first kappa shape index (κ1) is 18.5. The van der Waals surface area contributed by atoms with Gasteiger partial charge in [0.1, 0.15) is 12.2 Å². The highest BCUT2D eigenvalue weighted by Gasteiger charge is 2.39. The fourth-order valence-electron chi connectivity index (χ4n) is 4.09. The number of benzene rings is 1. The topological polar surface area (TPSA) is 108 Å². The number of imide groups is 1. The predicted octanol–water partition coefficient (Wildman–Crippen LogP) is 1.30. The first-order valence-corrected chi connectivity index (χ1v) is 9.83. The second kappa shape index (κ2) is 7.05. The van der Waals surface area contributed by atoms with Crippen molar-refractivity contribution in [1.82, 2.24) is 24.9 Å². The van der Waals surface area contributed by atoms with E-state index in [1.54, 1.807) is 15.9 Å². The Hall–Kier alpha value is -3.56. The lowest BCUT2D eigenvalue weighted by Gasteiger charge is -2.35. The number of hydrogen-bond donors (Lipinski definition) is 1. The van der Waals surface area contributed by atoms with Crippen LogP contribution in [0.4, 0.5) is 4.79 Å². The number of aromatic nitrogens is 2. The Morgan fingerprint density at radius 1 is 1.13 bits per heavy atom. The number of piperidine rings is 1. The lowest BCUT2D eigenvalue weighted by Crippen LogP contribution is -2.47. The largest absolute Gasteiger partial charge is 0.454 e. The number of rotatable bonds is 3. The predicted molar refractivity (Wildman–Crippen MR) is 104 cm³/mol. The molecule has 0 atom stereocenters. The number of ether oxygens (including phenoxy) is 2. The molecule has 0 unspecified atom stereocenters. The maximum atomic E-state index is 12.9. The monoisotopic (exact) mass is 411 g/mol. The van der Waals surface area contributed by atoms with Crippen molar-refractivity contribution in [1.29, 1.82) is 0 Å². The second-order valence-electron chi connectivity index (χ2n) is 7.62. The molecule has 0 radical (unpaired) electrons. The van der Waals surface area contributed by atoms with E-state index in [1.165, 1.54) is 7.05 Å². The summed E-state index contributed by atoms with van der Waals surface area (Å²) in [6, 6.07) is 6.97. The lowest BCUT2D eigenvalue weighted by molar-refractivity contribution is -0.124. The SMILES string of the molecule is CN1C(=O)CN(C2CCN(C(=O)c3cc(-c4ccc5c(c4)OCO5)n[nH]3)CC2)C1=O. The molecule has 1 N–H and O–H groups in total. The van der Waals surface area contributed by atoms with Crippen molar-refractivity contribution in [2.45, 2.75) is 18.9 Å². The number of carbonyl (C=O) groups is 3. The smallest absolute Gasteiger partial charge is 0.327 e. The molecule has 0 bridgehead atoms. The maximum Gasteiger partial charge on any atom is 0.327 e. The van der Waals surface area contributed by atoms with Crippen LogP contribution < -0.4 is 9.47 Å². The zero-order valence-corrected chi connectivity index (χ0v) is 16.5. The number of aromatic amines is 1. The van der Waals surface area contributed by atoms with E-state index in [9.17, 15) is 14.4 Å². The zero-order chi connectivity index (χ0) is 20.8. The fourth-order valence-corrected chi connectivity index (χ4v) is 4.09. The van der Waals surface area contributed by atoms with Crippen LogP contribution >= 0.6 is 0 Å². The van der Waals surface area contributed by atoms with Crippen LogP contribution in [0.25, 0.3) is 11.3 Å². The minimum atomic E-state index is -0.258. The average Bonchev–Trinajstić information content (AvgIpc) is 3.49. The van der Waals surface area contributed by atoms with Gasteiger partial charge in [-0.2, -0.15) is 5.10 Å². The molecule has 3 aliphatic heterocycles. The standard InChI is InChI=1S/C20H21N5O5/c1-23-18(26)10-25(20(23)28)13-4-6-24(7-5-13)19(27)15-9-14(21-22-15)12-2-3-16-17(8-12)30-11-29-16/h2-3,8-9,13H,4-7,10-11H2,1H3,(H,21,22). The van der Waals surface area contributed by atoms with E-state index < -0.39 is 0 Å². The van der Waals surface area contributed by atoms with Gasteiger partial charge in [0.05, 0.1) is 5.69 Å². The fraction of sp³-hybridized carbons (Fsp3) is 0.400. The highest BCUT2D eigenvalue weighted by molar-refractivity contribution is 6.01. The van der Waals surface area contributed by atoms with Crippen LogP contribution in [0.15, 0.2) is 24.3 Å². The number of urea groups is 1. The third-order valence-electron chi connectivity index (χ3n) is 5.88. The summed E-state index contributed by atoms with van der Waals surface area (Å²) in [5.74, 6) is 1.03. The van der Waals surface area contributed by atoms with E-state index in [2.05, 4.69) is 10.2 Å². The molecule has 0 saturated carbocycles. The number of nitrogens with one attached hydrogen (secondary N) is 1. The number of H-pyrrole nitrogens is 1. The molecule has 10 heteroatoms. The number of fused-ring (bicyclic) bond motifs is 1. The van der Waals surface area contributed by atoms with Crippen molar-refractivity contribution < 1.29 is 23.9 Å². The molecule has 1 aromatic carbocycles. The number of likely N-dealkylation sites (N-methyl/N-ethyl adjacent to an activating group) is 1. The molecule has 30 heavy (non-hydrogen) atoms. The number of likely N-dealkylation sites (tertiary alicyclic amines) is 1. The van der Waals surface area contributed by atoms with Crippen molar-refractivity contribution in [2.75, 3.05) is 33.5 Å². The first-order valence-electron chi connectivity index (χ1n) is 9.83. The molecular weight excluding hydrogens is 390 g/mol. The van der Waals surface area contributed by atoms with Crippen molar-refractivity contribution in [3.05, 3.63) is 30.0 Å². The average molecular weight is 411 g/mol. The third-order valence-corrected chi connectivity index (χ3v) is 5.88. The summed E-state index contributed by atoms with van der Waals surface area (Å²) in [4.78, 5) is 41.3. The van der Waals surface area contributed by atoms with Gasteiger partial charge < -0.3 is 19.3 Å². The van der Waals surface area contributed by atoms with Crippen molar-refractivity contribution in [2.24, 2.45) is 0 Å². The van der Waals surface area contributed by atoms with Gasteiger partial charge in [0, 0.05) is 31.7 Å². The molecule has 1 aromatic heterocycles. The lowest BCUT2D eigenvalue weighted by atomic mass is 10.0. The van der Waals surface area contributed by atoms with E-state index in [1.807, 2.05) is 18.2 Å². The summed E-state index contributed by atoms with van der Waals surface area (Å²) >= 11 is 0. The molecule has 156 valence electrons. The molecular formula is C20H21N5O5. The van der Waals surface area contributed by atoms with Gasteiger partial charge in [-0.3, -0.25) is 19.6 Å². The van der Waals surface area contributed by atoms with Gasteiger partial charge in [-0.05, 0) is 37.1 Å². The van der Waals surface area contributed by atoms with E-state index in [4.69, 9.17) is 9.47 Å². The Balaban J connectivity index is 1.24. The number of nitrogens with zero attached hydrogens (tertiary/aromatic N) is 4. The summed E-state index contributed by atoms with van der Waals surface area (Å²) in [5.41, 5.74) is 1.89. The molecule has 4 amide bonds. The highest BCUT2D eigenvalue weighted by Crippen LogP contribution is 2.35. The zero-order valence-electron chi connectivity index (χ0n) is 16.5. The molecule has 2 aromatic rings. The van der Waals surface area contributed by atoms with Gasteiger partial charge in [0.25, 0.3) is 5.91 Å². The molecule has 2 saturated heterocycles. The Labute approximate surface area is 172 Å². The van der Waals surface area contributed by atoms with E-state index >= 15 is 0 Å². The highest BCUT2D eigenvalue weighted by atomic mass is 16.7. The Kier molecular flexibility index (Phi) is 4.34.